The highest BCUT2D eigenvalue weighted by Gasteiger charge is 2.39. The van der Waals surface area contributed by atoms with Gasteiger partial charge in [-0.15, -0.1) is 0 Å². The molecule has 78 heavy (non-hydrogen) atoms. The maximum Gasteiger partial charge on any atom is 0.335 e. The third-order valence-corrected chi connectivity index (χ3v) is 25.2. The van der Waals surface area contributed by atoms with Crippen molar-refractivity contribution < 1.29 is 69.1 Å². The number of quaternary nitrogens is 1. The zero-order valence-corrected chi connectivity index (χ0v) is 55.2. The van der Waals surface area contributed by atoms with Crippen LogP contribution < -0.4 is 22.9 Å². The molecule has 5 N–H and O–H groups in total. The van der Waals surface area contributed by atoms with E-state index in [9.17, 15) is 22.8 Å². The van der Waals surface area contributed by atoms with Crippen LogP contribution in [0.25, 0.3) is 0 Å². The maximum atomic E-state index is 12.8. The fourth-order valence-electron chi connectivity index (χ4n) is 6.18. The fourth-order valence-corrected chi connectivity index (χ4v) is 9.56. The molecule has 4 unspecified atom stereocenters. The zero-order valence-electron chi connectivity index (χ0n) is 50.8. The van der Waals surface area contributed by atoms with Gasteiger partial charge in [0.05, 0.1) is 78.5 Å². The molecular weight excluding hydrogens is 1080 g/mol. The highest BCUT2D eigenvalue weighted by molar-refractivity contribution is 7.85. The summed E-state index contributed by atoms with van der Waals surface area (Å²) in [4.78, 5) is 35.0. The minimum absolute atomic E-state index is 0. The van der Waals surface area contributed by atoms with Gasteiger partial charge in [0.15, 0.2) is 16.6 Å². The molecule has 14 nitrogen and oxygen atoms in total. The van der Waals surface area contributed by atoms with Crippen LogP contribution in [0.3, 0.4) is 0 Å². The third-order valence-electron chi connectivity index (χ3n) is 13.2. The lowest BCUT2D eigenvalue weighted by Gasteiger charge is -2.37. The molecule has 0 radical (unpaired) electrons. The first-order chi connectivity index (χ1) is 35.5. The van der Waals surface area contributed by atoms with E-state index in [0.29, 0.717) is 31.4 Å². The molecule has 3 rings (SSSR count). The van der Waals surface area contributed by atoms with Crippen molar-refractivity contribution >= 4 is 62.7 Å². The quantitative estimate of drug-likeness (QED) is 0.0281. The Kier molecular flexibility index (Phi) is 35.9. The standard InChI is InChI=1S/C23H41NO4SSi.C13H19NO3.C12H17NOS.C11H22O3Si.ClH/c1-22(2,3)29(26)24-20(15-18-13-11-10-12-14-18)16-19(21(25)27-7)17-28-30(8,9)23(4,5)6;1-17-13(16)11(9-15)8-12(14)7-10-5-3-2-4-6-10;1-12(2,3)15(14)13-10-9-11-7-5-4-6-8-11;1-9(10(12)13-5)8-14-15(6,7)11(2,3)4;/h10-14,19-20,24H,15-17H2,1-9H3;2-6,11-12,15H,7-9,14H2,1H3;4-8,10H,9H2,1-3H3;1,8H2,2-7H3;1H/t19?,20-,29?;11?,12-;;;/m00.../s1. The first kappa shape index (κ1) is 76.4. The number of halogens is 1. The molecule has 0 aliphatic carbocycles. The highest BCUT2D eigenvalue weighted by atomic mass is 35.5. The van der Waals surface area contributed by atoms with Crippen molar-refractivity contribution in [3.05, 3.63) is 120 Å². The van der Waals surface area contributed by atoms with Crippen LogP contribution in [0.5, 0.6) is 0 Å². The second-order valence-electron chi connectivity index (χ2n) is 24.1. The first-order valence-electron chi connectivity index (χ1n) is 26.3. The summed E-state index contributed by atoms with van der Waals surface area (Å²) in [6.45, 7) is 37.2. The van der Waals surface area contributed by atoms with Gasteiger partial charge in [-0.2, -0.15) is 4.40 Å². The lowest BCUT2D eigenvalue weighted by atomic mass is 9.96. The van der Waals surface area contributed by atoms with Gasteiger partial charge in [-0.05, 0) is 107 Å². The monoisotopic (exact) mass is 1180 g/mol. The van der Waals surface area contributed by atoms with Gasteiger partial charge < -0.3 is 46.3 Å². The number of rotatable bonds is 23. The number of hydrogen-bond donors (Lipinski definition) is 3. The van der Waals surface area contributed by atoms with Crippen LogP contribution >= 0.6 is 0 Å². The van der Waals surface area contributed by atoms with Gasteiger partial charge >= 0.3 is 17.9 Å². The van der Waals surface area contributed by atoms with Gasteiger partial charge in [-0.3, -0.25) is 9.59 Å². The molecule has 3 aromatic rings. The number of ether oxygens (including phenoxy) is 3. The van der Waals surface area contributed by atoms with Crippen LogP contribution in [0.1, 0.15) is 113 Å². The van der Waals surface area contributed by atoms with E-state index in [2.05, 4.69) is 98.6 Å². The van der Waals surface area contributed by atoms with E-state index in [0.717, 1.165) is 18.4 Å². The van der Waals surface area contributed by atoms with Crippen LogP contribution in [-0.4, -0.2) is 117 Å². The lowest BCUT2D eigenvalue weighted by Crippen LogP contribution is -3.00. The van der Waals surface area contributed by atoms with Gasteiger partial charge in [-0.1, -0.05) is 139 Å². The number of carbonyl (C=O) groups is 3. The Morgan fingerprint density at radius 1 is 0.654 bits per heavy atom. The zero-order chi connectivity index (χ0) is 59.4. The molecule has 0 aromatic heterocycles. The second-order valence-corrected chi connectivity index (χ2v) is 37.6. The van der Waals surface area contributed by atoms with Crippen molar-refractivity contribution in [3.8, 4) is 0 Å². The Hall–Kier alpha value is -3.70. The molecule has 0 aliphatic heterocycles. The van der Waals surface area contributed by atoms with Crippen molar-refractivity contribution in [2.75, 3.05) is 41.2 Å². The molecule has 0 spiro atoms. The van der Waals surface area contributed by atoms with Crippen molar-refractivity contribution in [2.45, 2.75) is 173 Å². The van der Waals surface area contributed by atoms with Crippen molar-refractivity contribution in [1.82, 2.24) is 4.72 Å². The molecular formula is C59H100ClN3O11S2Si2. The summed E-state index contributed by atoms with van der Waals surface area (Å²) in [5.74, 6) is -1.92. The average molecular weight is 1180 g/mol. The van der Waals surface area contributed by atoms with E-state index in [1.165, 1.54) is 32.5 Å². The molecule has 0 saturated carbocycles. The normalized spacial score (nSPS) is 14.4. The summed E-state index contributed by atoms with van der Waals surface area (Å²) in [5, 5.41) is 9.31. The number of aliphatic hydroxyl groups is 1. The van der Waals surface area contributed by atoms with Crippen LogP contribution in [0.4, 0.5) is 0 Å². The molecule has 3 aromatic carbocycles. The van der Waals surface area contributed by atoms with Gasteiger partial charge in [0.2, 0.25) is 0 Å². The third kappa shape index (κ3) is 31.3. The minimum atomic E-state index is -2.00. The molecule has 0 heterocycles. The number of benzene rings is 3. The largest absolute Gasteiger partial charge is 1.00 e. The number of nitrogens with one attached hydrogen (secondary N) is 1. The molecule has 19 heteroatoms. The first-order valence-corrected chi connectivity index (χ1v) is 34.4. The molecule has 444 valence electrons. The van der Waals surface area contributed by atoms with E-state index in [1.54, 1.807) is 6.21 Å². The highest BCUT2D eigenvalue weighted by Crippen LogP contribution is 2.38. The van der Waals surface area contributed by atoms with Gasteiger partial charge in [0, 0.05) is 38.1 Å². The van der Waals surface area contributed by atoms with Crippen molar-refractivity contribution in [1.29, 1.82) is 0 Å². The van der Waals surface area contributed by atoms with Crippen LogP contribution in [-0.2, 0) is 78.7 Å². The number of esters is 3. The van der Waals surface area contributed by atoms with E-state index in [-0.39, 0.29) is 64.5 Å². The Bertz CT molecular complexity index is 2270. The van der Waals surface area contributed by atoms with Gasteiger partial charge in [-0.25, -0.2) is 17.9 Å². The Balaban J connectivity index is 0. The molecule has 0 saturated heterocycles. The maximum absolute atomic E-state index is 12.8. The lowest BCUT2D eigenvalue weighted by molar-refractivity contribution is -0.422. The molecule has 0 amide bonds. The second kappa shape index (κ2) is 36.6. The van der Waals surface area contributed by atoms with Gasteiger partial charge in [0.1, 0.15) is 11.0 Å². The fraction of sp³-hybridized carbons (Fsp3) is 0.593. The average Bonchev–Trinajstić information content (AvgIpc) is 3.35. The van der Waals surface area contributed by atoms with Crippen molar-refractivity contribution in [2.24, 2.45) is 16.2 Å². The Morgan fingerprint density at radius 2 is 1.08 bits per heavy atom. The topological polar surface area (TPSA) is 204 Å². The van der Waals surface area contributed by atoms with Crippen LogP contribution in [0.2, 0.25) is 36.3 Å². The van der Waals surface area contributed by atoms with Crippen molar-refractivity contribution in [3.63, 3.8) is 0 Å². The summed E-state index contributed by atoms with van der Waals surface area (Å²) in [5.41, 5.74) is 7.91. The Labute approximate surface area is 484 Å². The summed E-state index contributed by atoms with van der Waals surface area (Å²) < 4.78 is 57.4. The minimum Gasteiger partial charge on any atom is -1.00 e. The van der Waals surface area contributed by atoms with E-state index in [4.69, 9.17) is 18.7 Å². The molecule has 0 bridgehead atoms. The molecule has 6 atom stereocenters. The smallest absolute Gasteiger partial charge is 0.335 e. The van der Waals surface area contributed by atoms with E-state index >= 15 is 0 Å². The van der Waals surface area contributed by atoms with Crippen LogP contribution in [0, 0.1) is 11.8 Å². The predicted octanol–water partition coefficient (Wildman–Crippen LogP) is 7.37. The van der Waals surface area contributed by atoms with Gasteiger partial charge in [0.25, 0.3) is 0 Å². The van der Waals surface area contributed by atoms with E-state index < -0.39 is 61.2 Å². The molecule has 0 fully saturated rings. The number of hydrogen-bond acceptors (Lipinski definition) is 11. The summed E-state index contributed by atoms with van der Waals surface area (Å²) >= 11 is 0. The number of aliphatic hydroxyl groups excluding tert-OH is 1. The number of carbonyl (C=O) groups excluding carboxylic acids is 3. The predicted molar refractivity (Wildman–Crippen MR) is 323 cm³/mol. The van der Waals surface area contributed by atoms with Crippen LogP contribution in [0.15, 0.2) is 108 Å². The summed E-state index contributed by atoms with van der Waals surface area (Å²) in [6, 6.07) is 30.0. The molecule has 0 aliphatic rings. The number of nitrogens with zero attached hydrogens (tertiary/aromatic N) is 1. The van der Waals surface area contributed by atoms with E-state index in [1.807, 2.05) is 133 Å². The number of methoxy groups -OCH3 is 3. The SMILES string of the molecule is C=C(CO[Si](C)(C)C(C)(C)C)C(=O)OC.CC(C)(C)S(=O)N=CCc1ccccc1.COC(=O)C(CO)C[C@@H]([NH3+])Cc1ccccc1.COC(=O)C(CO[Si](C)(C)C(C)(C)C)C[C@H](Cc1ccccc1)NS(=O)C(C)(C)C.[Cl-]. The Morgan fingerprint density at radius 3 is 1.47 bits per heavy atom. The summed E-state index contributed by atoms with van der Waals surface area (Å²) in [7, 11) is -2.09. The summed E-state index contributed by atoms with van der Waals surface area (Å²) in [6.07, 6.45) is 4.99.